The highest BCUT2D eigenvalue weighted by atomic mass is 19.4. The van der Waals surface area contributed by atoms with Crippen LogP contribution in [0.3, 0.4) is 0 Å². The second-order valence-corrected chi connectivity index (χ2v) is 6.42. The lowest BCUT2D eigenvalue weighted by Gasteiger charge is -2.25. The maximum atomic E-state index is 12.4. The largest absolute Gasteiger partial charge is 0.573 e. The van der Waals surface area contributed by atoms with E-state index in [4.69, 9.17) is 9.84 Å². The van der Waals surface area contributed by atoms with Crippen LogP contribution < -0.4 is 14.8 Å². The molecule has 0 aromatic heterocycles. The molecule has 1 aliphatic rings. The number of hydrogen-bond acceptors (Lipinski definition) is 3. The minimum atomic E-state index is -4.76. The van der Waals surface area contributed by atoms with Crippen LogP contribution in [0.15, 0.2) is 42.5 Å². The average Bonchev–Trinajstić information content (AvgIpc) is 2.75. The van der Waals surface area contributed by atoms with Crippen molar-refractivity contribution < 1.29 is 32.5 Å². The first-order valence-corrected chi connectivity index (χ1v) is 7.74. The molecule has 0 saturated carbocycles. The Hall–Kier alpha value is -2.90. The van der Waals surface area contributed by atoms with E-state index >= 15 is 0 Å². The van der Waals surface area contributed by atoms with Crippen LogP contribution in [0.5, 0.6) is 11.5 Å². The fourth-order valence-corrected chi connectivity index (χ4v) is 3.01. The topological polar surface area (TPSA) is 67.8 Å². The Morgan fingerprint density at radius 1 is 1.19 bits per heavy atom. The molecule has 1 heterocycles. The summed E-state index contributed by atoms with van der Waals surface area (Å²) in [5.74, 6) is 0.163. The van der Waals surface area contributed by atoms with Crippen LogP contribution in [0.4, 0.5) is 18.0 Å². The second kappa shape index (κ2) is 6.12. The summed E-state index contributed by atoms with van der Waals surface area (Å²) in [6.07, 6.45) is -5.93. The summed E-state index contributed by atoms with van der Waals surface area (Å²) in [7, 11) is 0. The Labute approximate surface area is 147 Å². The second-order valence-electron chi connectivity index (χ2n) is 6.42. The molecule has 2 aromatic rings. The van der Waals surface area contributed by atoms with E-state index in [0.29, 0.717) is 22.4 Å². The van der Waals surface area contributed by atoms with E-state index < -0.39 is 24.1 Å². The van der Waals surface area contributed by atoms with E-state index in [9.17, 15) is 18.0 Å². The number of benzene rings is 2. The number of alkyl halides is 3. The van der Waals surface area contributed by atoms with Gasteiger partial charge >= 0.3 is 12.5 Å². The number of nitrogens with one attached hydrogen (secondary N) is 1. The standard InChI is InChI=1S/C18H16F3NO4/c1-17(2)15(22-16(23)24)13-7-6-11(9-14(13)26-17)10-4-3-5-12(8-10)25-18(19,20)21/h3-9,15,22H,1-2H3,(H,23,24). The van der Waals surface area contributed by atoms with E-state index in [-0.39, 0.29) is 5.75 Å². The van der Waals surface area contributed by atoms with Gasteiger partial charge < -0.3 is 19.9 Å². The molecule has 5 nitrogen and oxygen atoms in total. The van der Waals surface area contributed by atoms with Gasteiger partial charge in [0.1, 0.15) is 23.1 Å². The van der Waals surface area contributed by atoms with Gasteiger partial charge in [0.15, 0.2) is 0 Å². The van der Waals surface area contributed by atoms with Crippen molar-refractivity contribution in [1.29, 1.82) is 0 Å². The zero-order valence-electron chi connectivity index (χ0n) is 13.9. The number of hydrogen-bond donors (Lipinski definition) is 2. The Kier molecular flexibility index (Phi) is 4.21. The third kappa shape index (κ3) is 3.68. The summed E-state index contributed by atoms with van der Waals surface area (Å²) in [4.78, 5) is 11.0. The van der Waals surface area contributed by atoms with Crippen molar-refractivity contribution in [3.8, 4) is 22.6 Å². The first-order chi connectivity index (χ1) is 12.0. The molecule has 0 radical (unpaired) electrons. The molecule has 0 spiro atoms. The van der Waals surface area contributed by atoms with Crippen LogP contribution in [0, 0.1) is 0 Å². The Balaban J connectivity index is 1.94. The highest BCUT2D eigenvalue weighted by Crippen LogP contribution is 2.44. The normalized spacial score (nSPS) is 18.0. The summed E-state index contributed by atoms with van der Waals surface area (Å²) in [6.45, 7) is 3.51. The van der Waals surface area contributed by atoms with Gasteiger partial charge in [0.25, 0.3) is 0 Å². The summed E-state index contributed by atoms with van der Waals surface area (Å²) in [5.41, 5.74) is 1.03. The van der Waals surface area contributed by atoms with E-state index in [0.717, 1.165) is 0 Å². The van der Waals surface area contributed by atoms with Gasteiger partial charge in [-0.05, 0) is 43.2 Å². The molecule has 8 heteroatoms. The van der Waals surface area contributed by atoms with E-state index in [1.165, 1.54) is 18.2 Å². The molecule has 2 aromatic carbocycles. The summed E-state index contributed by atoms with van der Waals surface area (Å²) in [6, 6.07) is 10.1. The Bertz CT molecular complexity index is 849. The molecular formula is C18H16F3NO4. The lowest BCUT2D eigenvalue weighted by Crippen LogP contribution is -2.41. The highest BCUT2D eigenvalue weighted by molar-refractivity contribution is 5.70. The fourth-order valence-electron chi connectivity index (χ4n) is 3.01. The maximum absolute atomic E-state index is 12.4. The first kappa shape index (κ1) is 17.9. The third-order valence-corrected chi connectivity index (χ3v) is 4.06. The number of amides is 1. The van der Waals surface area contributed by atoms with Crippen LogP contribution in [0.25, 0.3) is 11.1 Å². The van der Waals surface area contributed by atoms with Crippen LogP contribution in [-0.4, -0.2) is 23.2 Å². The zero-order valence-corrected chi connectivity index (χ0v) is 13.9. The lowest BCUT2D eigenvalue weighted by atomic mass is 9.93. The number of fused-ring (bicyclic) bond motifs is 1. The van der Waals surface area contributed by atoms with Crippen molar-refractivity contribution in [3.05, 3.63) is 48.0 Å². The molecule has 0 saturated heterocycles. The minimum absolute atomic E-state index is 0.317. The fraction of sp³-hybridized carbons (Fsp3) is 0.278. The van der Waals surface area contributed by atoms with Crippen LogP contribution in [0.2, 0.25) is 0 Å². The summed E-state index contributed by atoms with van der Waals surface area (Å²) >= 11 is 0. The zero-order chi connectivity index (χ0) is 19.1. The lowest BCUT2D eigenvalue weighted by molar-refractivity contribution is -0.274. The van der Waals surface area contributed by atoms with Gasteiger partial charge in [-0.15, -0.1) is 13.2 Å². The van der Waals surface area contributed by atoms with Gasteiger partial charge in [0.05, 0.1) is 0 Å². The smallest absolute Gasteiger partial charge is 0.485 e. The molecule has 0 bridgehead atoms. The molecule has 0 aliphatic carbocycles. The number of carboxylic acid groups (broad SMARTS) is 1. The predicted octanol–water partition coefficient (Wildman–Crippen LogP) is 4.73. The molecule has 1 unspecified atom stereocenters. The number of ether oxygens (including phenoxy) is 2. The first-order valence-electron chi connectivity index (χ1n) is 7.74. The SMILES string of the molecule is CC1(C)Oc2cc(-c3cccc(OC(F)(F)F)c3)ccc2C1NC(=O)O. The Morgan fingerprint density at radius 2 is 1.88 bits per heavy atom. The molecule has 1 aliphatic heterocycles. The van der Waals surface area contributed by atoms with E-state index in [1.807, 2.05) is 0 Å². The van der Waals surface area contributed by atoms with Gasteiger partial charge in [-0.3, -0.25) is 0 Å². The van der Waals surface area contributed by atoms with Gasteiger partial charge in [-0.1, -0.05) is 24.3 Å². The molecule has 0 fully saturated rings. The number of rotatable bonds is 3. The molecule has 3 rings (SSSR count). The molecular weight excluding hydrogens is 351 g/mol. The number of halogens is 3. The van der Waals surface area contributed by atoms with Crippen LogP contribution >= 0.6 is 0 Å². The predicted molar refractivity (Wildman–Crippen MR) is 87.2 cm³/mol. The molecule has 138 valence electrons. The maximum Gasteiger partial charge on any atom is 0.573 e. The molecule has 2 N–H and O–H groups in total. The van der Waals surface area contributed by atoms with Gasteiger partial charge in [0, 0.05) is 5.56 Å². The van der Waals surface area contributed by atoms with Gasteiger partial charge in [0.2, 0.25) is 0 Å². The monoisotopic (exact) mass is 367 g/mol. The van der Waals surface area contributed by atoms with Gasteiger partial charge in [-0.2, -0.15) is 0 Å². The van der Waals surface area contributed by atoms with E-state index in [2.05, 4.69) is 10.1 Å². The highest BCUT2D eigenvalue weighted by Gasteiger charge is 2.42. The van der Waals surface area contributed by atoms with Crippen molar-refractivity contribution in [2.45, 2.75) is 31.9 Å². The van der Waals surface area contributed by atoms with Gasteiger partial charge in [-0.25, -0.2) is 4.79 Å². The van der Waals surface area contributed by atoms with E-state index in [1.54, 1.807) is 38.1 Å². The molecule has 26 heavy (non-hydrogen) atoms. The number of carbonyl (C=O) groups is 1. The van der Waals surface area contributed by atoms with Crippen molar-refractivity contribution in [2.24, 2.45) is 0 Å². The van der Waals surface area contributed by atoms with Crippen LogP contribution in [0.1, 0.15) is 25.5 Å². The van der Waals surface area contributed by atoms with Crippen molar-refractivity contribution in [1.82, 2.24) is 5.32 Å². The minimum Gasteiger partial charge on any atom is -0.485 e. The summed E-state index contributed by atoms with van der Waals surface area (Å²) < 4.78 is 47.0. The average molecular weight is 367 g/mol. The third-order valence-electron chi connectivity index (χ3n) is 4.06. The summed E-state index contributed by atoms with van der Waals surface area (Å²) in [5, 5.41) is 11.4. The van der Waals surface area contributed by atoms with Crippen molar-refractivity contribution >= 4 is 6.09 Å². The molecule has 1 amide bonds. The quantitative estimate of drug-likeness (QED) is 0.823. The van der Waals surface area contributed by atoms with Crippen molar-refractivity contribution in [2.75, 3.05) is 0 Å². The van der Waals surface area contributed by atoms with Crippen LogP contribution in [-0.2, 0) is 0 Å². The molecule has 1 atom stereocenters. The Morgan fingerprint density at radius 3 is 2.54 bits per heavy atom. The van der Waals surface area contributed by atoms with Crippen molar-refractivity contribution in [3.63, 3.8) is 0 Å².